The second-order valence-electron chi connectivity index (χ2n) is 4.37. The Morgan fingerprint density at radius 1 is 1.23 bits per heavy atom. The van der Waals surface area contributed by atoms with Gasteiger partial charge in [-0.3, -0.25) is 4.79 Å². The first kappa shape index (κ1) is 17.0. The van der Waals surface area contributed by atoms with Crippen LogP contribution in [-0.4, -0.2) is 20.9 Å². The highest BCUT2D eigenvalue weighted by Crippen LogP contribution is 2.15. The van der Waals surface area contributed by atoms with E-state index in [4.69, 9.17) is 16.3 Å². The van der Waals surface area contributed by atoms with Gasteiger partial charge in [0.15, 0.2) is 0 Å². The van der Waals surface area contributed by atoms with Crippen molar-refractivity contribution in [2.75, 3.05) is 6.54 Å². The summed E-state index contributed by atoms with van der Waals surface area (Å²) in [5.41, 5.74) is 0.817. The molecular formula is C14H14ClNO4S2. The minimum absolute atomic E-state index is 0.000313. The molecule has 0 unspecified atom stereocenters. The molecule has 1 N–H and O–H groups in total. The highest BCUT2D eigenvalue weighted by atomic mass is 35.5. The maximum absolute atomic E-state index is 11.8. The van der Waals surface area contributed by atoms with Crippen molar-refractivity contribution >= 4 is 38.9 Å². The Balaban J connectivity index is 1.73. The quantitative estimate of drug-likeness (QED) is 0.771. The van der Waals surface area contributed by atoms with E-state index in [1.54, 1.807) is 35.7 Å². The molecule has 0 bridgehead atoms. The van der Waals surface area contributed by atoms with Gasteiger partial charge in [-0.25, -0.2) is 13.1 Å². The molecule has 22 heavy (non-hydrogen) atoms. The van der Waals surface area contributed by atoms with E-state index in [0.717, 1.165) is 16.9 Å². The fourth-order valence-corrected chi connectivity index (χ4v) is 3.79. The van der Waals surface area contributed by atoms with Gasteiger partial charge in [0.05, 0.1) is 6.42 Å². The first-order valence-electron chi connectivity index (χ1n) is 6.40. The molecule has 0 aliphatic rings. The first-order valence-corrected chi connectivity index (χ1v) is 9.15. The SMILES string of the molecule is O=C(CCNS(=O)(=O)c1cccs1)OCc1ccc(Cl)cc1. The molecule has 0 saturated carbocycles. The molecule has 0 aliphatic carbocycles. The molecule has 1 aromatic heterocycles. The van der Waals surface area contributed by atoms with Crippen LogP contribution in [0.1, 0.15) is 12.0 Å². The summed E-state index contributed by atoms with van der Waals surface area (Å²) in [7, 11) is -3.54. The second-order valence-corrected chi connectivity index (χ2v) is 7.74. The molecule has 0 saturated heterocycles. The molecule has 1 aromatic carbocycles. The van der Waals surface area contributed by atoms with Crippen LogP contribution < -0.4 is 4.72 Å². The molecule has 1 heterocycles. The number of carbonyl (C=O) groups is 1. The van der Waals surface area contributed by atoms with Crippen molar-refractivity contribution in [3.05, 3.63) is 52.4 Å². The Morgan fingerprint density at radius 3 is 2.59 bits per heavy atom. The summed E-state index contributed by atoms with van der Waals surface area (Å²) in [5, 5.41) is 2.28. The van der Waals surface area contributed by atoms with Crippen LogP contribution in [0.4, 0.5) is 0 Å². The lowest BCUT2D eigenvalue weighted by Crippen LogP contribution is -2.26. The smallest absolute Gasteiger partial charge is 0.307 e. The monoisotopic (exact) mass is 359 g/mol. The fraction of sp³-hybridized carbons (Fsp3) is 0.214. The van der Waals surface area contributed by atoms with Crippen LogP contribution in [0, 0.1) is 0 Å². The molecule has 2 rings (SSSR count). The lowest BCUT2D eigenvalue weighted by atomic mass is 10.2. The Morgan fingerprint density at radius 2 is 1.95 bits per heavy atom. The lowest BCUT2D eigenvalue weighted by Gasteiger charge is -2.06. The van der Waals surface area contributed by atoms with Gasteiger partial charge in [0.2, 0.25) is 10.0 Å². The Hall–Kier alpha value is -1.41. The zero-order valence-electron chi connectivity index (χ0n) is 11.5. The average Bonchev–Trinajstić information content (AvgIpc) is 3.01. The molecule has 0 amide bonds. The van der Waals surface area contributed by atoms with Gasteiger partial charge in [0.1, 0.15) is 10.8 Å². The standard InChI is InChI=1S/C14H14ClNO4S2/c15-12-5-3-11(4-6-12)10-20-13(17)7-8-16-22(18,19)14-2-1-9-21-14/h1-6,9,16H,7-8,10H2. The first-order chi connectivity index (χ1) is 10.5. The van der Waals surface area contributed by atoms with Crippen LogP contribution >= 0.6 is 22.9 Å². The predicted octanol–water partition coefficient (Wildman–Crippen LogP) is 2.81. The summed E-state index contributed by atoms with van der Waals surface area (Å²) in [5.74, 6) is -0.469. The number of benzene rings is 1. The number of hydrogen-bond donors (Lipinski definition) is 1. The third kappa shape index (κ3) is 5.10. The van der Waals surface area contributed by atoms with Gasteiger partial charge in [0, 0.05) is 11.6 Å². The summed E-state index contributed by atoms with van der Waals surface area (Å²) < 4.78 is 31.3. The van der Waals surface area contributed by atoms with E-state index in [1.165, 1.54) is 6.07 Å². The van der Waals surface area contributed by atoms with E-state index in [2.05, 4.69) is 4.72 Å². The second kappa shape index (κ2) is 7.73. The summed E-state index contributed by atoms with van der Waals surface area (Å²) in [6, 6.07) is 10.1. The third-order valence-corrected chi connectivity index (χ3v) is 5.80. The molecular weight excluding hydrogens is 346 g/mol. The van der Waals surface area contributed by atoms with Gasteiger partial charge in [-0.15, -0.1) is 11.3 Å². The van der Waals surface area contributed by atoms with Gasteiger partial charge < -0.3 is 4.74 Å². The number of esters is 1. The zero-order chi connectivity index (χ0) is 16.0. The normalized spacial score (nSPS) is 11.3. The van der Waals surface area contributed by atoms with E-state index in [1.807, 2.05) is 0 Å². The molecule has 2 aromatic rings. The predicted molar refractivity (Wildman–Crippen MR) is 85.4 cm³/mol. The van der Waals surface area contributed by atoms with Gasteiger partial charge in [-0.1, -0.05) is 29.8 Å². The van der Waals surface area contributed by atoms with Crippen molar-refractivity contribution in [2.45, 2.75) is 17.2 Å². The Labute approximate surface area is 137 Å². The van der Waals surface area contributed by atoms with Crippen molar-refractivity contribution in [1.29, 1.82) is 0 Å². The zero-order valence-corrected chi connectivity index (χ0v) is 13.9. The topological polar surface area (TPSA) is 72.5 Å². The number of rotatable bonds is 7. The van der Waals surface area contributed by atoms with E-state index in [9.17, 15) is 13.2 Å². The van der Waals surface area contributed by atoms with Gasteiger partial charge in [-0.2, -0.15) is 0 Å². The molecule has 0 aliphatic heterocycles. The van der Waals surface area contributed by atoms with E-state index >= 15 is 0 Å². The third-order valence-electron chi connectivity index (χ3n) is 2.69. The van der Waals surface area contributed by atoms with Crippen LogP contribution in [0.15, 0.2) is 46.0 Å². The van der Waals surface area contributed by atoms with Crippen molar-refractivity contribution in [3.63, 3.8) is 0 Å². The number of carbonyl (C=O) groups excluding carboxylic acids is 1. The molecule has 0 atom stereocenters. The maximum atomic E-state index is 11.8. The molecule has 0 radical (unpaired) electrons. The van der Waals surface area contributed by atoms with Gasteiger partial charge in [-0.05, 0) is 29.1 Å². The number of sulfonamides is 1. The Kier molecular flexibility index (Phi) is 5.96. The molecule has 8 heteroatoms. The number of thiophene rings is 1. The highest BCUT2D eigenvalue weighted by Gasteiger charge is 2.15. The van der Waals surface area contributed by atoms with Gasteiger partial charge >= 0.3 is 5.97 Å². The highest BCUT2D eigenvalue weighted by molar-refractivity contribution is 7.91. The summed E-state index contributed by atoms with van der Waals surface area (Å²) in [6.45, 7) is 0.132. The van der Waals surface area contributed by atoms with Crippen LogP contribution in [-0.2, 0) is 26.2 Å². The van der Waals surface area contributed by atoms with Crippen molar-refractivity contribution in [3.8, 4) is 0 Å². The molecule has 118 valence electrons. The molecule has 0 fully saturated rings. The number of nitrogens with one attached hydrogen (secondary N) is 1. The lowest BCUT2D eigenvalue weighted by molar-refractivity contribution is -0.144. The summed E-state index contributed by atoms with van der Waals surface area (Å²) >= 11 is 6.88. The average molecular weight is 360 g/mol. The molecule has 0 spiro atoms. The van der Waals surface area contributed by atoms with Gasteiger partial charge in [0.25, 0.3) is 0 Å². The van der Waals surface area contributed by atoms with E-state index in [-0.39, 0.29) is 23.8 Å². The number of ether oxygens (including phenoxy) is 1. The largest absolute Gasteiger partial charge is 0.461 e. The van der Waals surface area contributed by atoms with Crippen LogP contribution in [0.5, 0.6) is 0 Å². The molecule has 5 nitrogen and oxygen atoms in total. The number of hydrogen-bond acceptors (Lipinski definition) is 5. The van der Waals surface area contributed by atoms with Crippen LogP contribution in [0.2, 0.25) is 5.02 Å². The summed E-state index contributed by atoms with van der Waals surface area (Å²) in [4.78, 5) is 11.6. The summed E-state index contributed by atoms with van der Waals surface area (Å²) in [6.07, 6.45) is -0.0296. The van der Waals surface area contributed by atoms with E-state index < -0.39 is 16.0 Å². The van der Waals surface area contributed by atoms with Crippen molar-refractivity contribution < 1.29 is 17.9 Å². The van der Waals surface area contributed by atoms with Crippen LogP contribution in [0.25, 0.3) is 0 Å². The van der Waals surface area contributed by atoms with Crippen LogP contribution in [0.3, 0.4) is 0 Å². The fourth-order valence-electron chi connectivity index (χ4n) is 1.59. The Bertz CT molecular complexity index is 712. The number of halogens is 1. The minimum Gasteiger partial charge on any atom is -0.461 e. The van der Waals surface area contributed by atoms with Crippen molar-refractivity contribution in [1.82, 2.24) is 4.72 Å². The van der Waals surface area contributed by atoms with E-state index in [0.29, 0.717) is 5.02 Å². The van der Waals surface area contributed by atoms with Crippen molar-refractivity contribution in [2.24, 2.45) is 0 Å². The maximum Gasteiger partial charge on any atom is 0.307 e. The minimum atomic E-state index is -3.54.